The lowest BCUT2D eigenvalue weighted by molar-refractivity contribution is 0.0945. The van der Waals surface area contributed by atoms with Crippen molar-refractivity contribution >= 4 is 16.8 Å². The van der Waals surface area contributed by atoms with Crippen molar-refractivity contribution in [2.75, 3.05) is 13.2 Å². The normalized spacial score (nSPS) is 16.9. The van der Waals surface area contributed by atoms with Crippen LogP contribution in [0.15, 0.2) is 54.7 Å². The average Bonchev–Trinajstić information content (AvgIpc) is 2.98. The summed E-state index contributed by atoms with van der Waals surface area (Å²) in [4.78, 5) is 15.6. The Morgan fingerprint density at radius 2 is 2.12 bits per heavy atom. The summed E-state index contributed by atoms with van der Waals surface area (Å²) in [6, 6.07) is 15.9. The minimum Gasteiger partial charge on any atom is -0.493 e. The van der Waals surface area contributed by atoms with E-state index in [0.29, 0.717) is 24.6 Å². The molecular weight excluding hydrogens is 300 g/mol. The van der Waals surface area contributed by atoms with Crippen molar-refractivity contribution in [1.82, 2.24) is 10.3 Å². The van der Waals surface area contributed by atoms with Gasteiger partial charge in [0.2, 0.25) is 0 Å². The molecule has 0 radical (unpaired) electrons. The first-order valence-electron chi connectivity index (χ1n) is 8.35. The molecule has 2 aromatic carbocycles. The van der Waals surface area contributed by atoms with Crippen LogP contribution in [-0.2, 0) is 6.42 Å². The second-order valence-corrected chi connectivity index (χ2v) is 6.30. The molecule has 1 aliphatic rings. The molecule has 2 N–H and O–H groups in total. The van der Waals surface area contributed by atoms with Gasteiger partial charge in [-0.3, -0.25) is 4.79 Å². The highest BCUT2D eigenvalue weighted by Gasteiger charge is 2.18. The van der Waals surface area contributed by atoms with Crippen LogP contribution >= 0.6 is 0 Å². The predicted molar refractivity (Wildman–Crippen MR) is 94.4 cm³/mol. The molecule has 1 aromatic heterocycles. The van der Waals surface area contributed by atoms with E-state index in [0.717, 1.165) is 29.5 Å². The summed E-state index contributed by atoms with van der Waals surface area (Å²) < 4.78 is 5.79. The van der Waals surface area contributed by atoms with Crippen LogP contribution in [0.5, 0.6) is 5.75 Å². The van der Waals surface area contributed by atoms with Gasteiger partial charge < -0.3 is 15.0 Å². The van der Waals surface area contributed by atoms with Gasteiger partial charge in [-0.1, -0.05) is 24.3 Å². The van der Waals surface area contributed by atoms with E-state index in [2.05, 4.69) is 16.4 Å². The quantitative estimate of drug-likeness (QED) is 0.775. The number of carbonyl (C=O) groups excluding carboxylic acids is 1. The zero-order chi connectivity index (χ0) is 16.4. The standard InChI is InChI=1S/C20H20N2O2/c23-20(17-6-5-15-7-9-21-18(15)12-17)22-13-14-8-10-24-19-4-2-1-3-16(19)11-14/h1-7,9,12,14,21H,8,10-11,13H2,(H,22,23)/t14-/m1/s1. The van der Waals surface area contributed by atoms with Crippen LogP contribution in [-0.4, -0.2) is 24.0 Å². The molecule has 0 saturated carbocycles. The fourth-order valence-corrected chi connectivity index (χ4v) is 3.26. The van der Waals surface area contributed by atoms with Crippen molar-refractivity contribution in [1.29, 1.82) is 0 Å². The highest BCUT2D eigenvalue weighted by Crippen LogP contribution is 2.26. The largest absolute Gasteiger partial charge is 0.493 e. The smallest absolute Gasteiger partial charge is 0.251 e. The van der Waals surface area contributed by atoms with Crippen LogP contribution in [0.3, 0.4) is 0 Å². The molecule has 0 unspecified atom stereocenters. The lowest BCUT2D eigenvalue weighted by Crippen LogP contribution is -2.30. The summed E-state index contributed by atoms with van der Waals surface area (Å²) >= 11 is 0. The van der Waals surface area contributed by atoms with Gasteiger partial charge in [0.1, 0.15) is 5.75 Å². The number of aromatic nitrogens is 1. The number of H-pyrrole nitrogens is 1. The van der Waals surface area contributed by atoms with E-state index in [9.17, 15) is 4.79 Å². The van der Waals surface area contributed by atoms with Gasteiger partial charge in [-0.05, 0) is 54.0 Å². The van der Waals surface area contributed by atoms with E-state index >= 15 is 0 Å². The minimum absolute atomic E-state index is 0.0232. The topological polar surface area (TPSA) is 54.1 Å². The van der Waals surface area contributed by atoms with Gasteiger partial charge >= 0.3 is 0 Å². The molecule has 0 saturated heterocycles. The van der Waals surface area contributed by atoms with E-state index in [-0.39, 0.29) is 5.91 Å². The van der Waals surface area contributed by atoms with Gasteiger partial charge in [0.25, 0.3) is 5.91 Å². The van der Waals surface area contributed by atoms with E-state index in [1.807, 2.05) is 48.7 Å². The second kappa shape index (κ2) is 6.40. The highest BCUT2D eigenvalue weighted by molar-refractivity contribution is 5.97. The molecule has 0 aliphatic carbocycles. The third kappa shape index (κ3) is 3.00. The predicted octanol–water partition coefficient (Wildman–Crippen LogP) is 3.54. The van der Waals surface area contributed by atoms with Crippen LogP contribution < -0.4 is 10.1 Å². The summed E-state index contributed by atoms with van der Waals surface area (Å²) in [5.41, 5.74) is 2.90. The molecule has 0 fully saturated rings. The van der Waals surface area contributed by atoms with Gasteiger partial charge in [0, 0.05) is 23.8 Å². The van der Waals surface area contributed by atoms with Gasteiger partial charge in [0.15, 0.2) is 0 Å². The summed E-state index contributed by atoms with van der Waals surface area (Å²) in [7, 11) is 0. The molecule has 3 aromatic rings. The maximum Gasteiger partial charge on any atom is 0.251 e. The SMILES string of the molecule is O=C(NC[C@@H]1CCOc2ccccc2C1)c1ccc2cc[nH]c2c1. The first kappa shape index (κ1) is 14.8. The Hall–Kier alpha value is -2.75. The summed E-state index contributed by atoms with van der Waals surface area (Å²) in [5, 5.41) is 4.19. The van der Waals surface area contributed by atoms with E-state index in [1.165, 1.54) is 5.56 Å². The zero-order valence-corrected chi connectivity index (χ0v) is 13.4. The Kier molecular flexibility index (Phi) is 3.95. The number of hydrogen-bond acceptors (Lipinski definition) is 2. The molecule has 0 bridgehead atoms. The van der Waals surface area contributed by atoms with Crippen molar-refractivity contribution in [2.45, 2.75) is 12.8 Å². The zero-order valence-electron chi connectivity index (χ0n) is 13.4. The Bertz CT molecular complexity index is 869. The maximum atomic E-state index is 12.4. The monoisotopic (exact) mass is 320 g/mol. The second-order valence-electron chi connectivity index (χ2n) is 6.30. The Balaban J connectivity index is 1.41. The van der Waals surface area contributed by atoms with Crippen molar-refractivity contribution in [3.63, 3.8) is 0 Å². The summed E-state index contributed by atoms with van der Waals surface area (Å²) in [6.07, 6.45) is 3.77. The Morgan fingerprint density at radius 3 is 3.08 bits per heavy atom. The third-order valence-electron chi connectivity index (χ3n) is 4.63. The molecule has 0 spiro atoms. The average molecular weight is 320 g/mol. The van der Waals surface area contributed by atoms with Crippen molar-refractivity contribution in [3.8, 4) is 5.75 Å². The van der Waals surface area contributed by atoms with Crippen molar-refractivity contribution in [3.05, 3.63) is 65.9 Å². The highest BCUT2D eigenvalue weighted by atomic mass is 16.5. The van der Waals surface area contributed by atoms with Crippen LogP contribution in [0.4, 0.5) is 0 Å². The number of nitrogens with one attached hydrogen (secondary N) is 2. The van der Waals surface area contributed by atoms with E-state index in [1.54, 1.807) is 0 Å². The maximum absolute atomic E-state index is 12.4. The van der Waals surface area contributed by atoms with Crippen LogP contribution in [0.2, 0.25) is 0 Å². The number of aromatic amines is 1. The lowest BCUT2D eigenvalue weighted by atomic mass is 9.97. The fourth-order valence-electron chi connectivity index (χ4n) is 3.26. The Morgan fingerprint density at radius 1 is 1.21 bits per heavy atom. The molecular formula is C20H20N2O2. The van der Waals surface area contributed by atoms with Crippen LogP contribution in [0, 0.1) is 5.92 Å². The summed E-state index contributed by atoms with van der Waals surface area (Å²) in [6.45, 7) is 1.37. The number of rotatable bonds is 3. The first-order valence-corrected chi connectivity index (χ1v) is 8.35. The van der Waals surface area contributed by atoms with E-state index < -0.39 is 0 Å². The van der Waals surface area contributed by atoms with Gasteiger partial charge in [0.05, 0.1) is 6.61 Å². The third-order valence-corrected chi connectivity index (χ3v) is 4.63. The van der Waals surface area contributed by atoms with Crippen LogP contribution in [0.1, 0.15) is 22.3 Å². The van der Waals surface area contributed by atoms with Crippen LogP contribution in [0.25, 0.3) is 10.9 Å². The number of amides is 1. The minimum atomic E-state index is -0.0232. The molecule has 1 amide bonds. The lowest BCUT2D eigenvalue weighted by Gasteiger charge is -2.14. The van der Waals surface area contributed by atoms with Crippen molar-refractivity contribution < 1.29 is 9.53 Å². The number of carbonyl (C=O) groups is 1. The van der Waals surface area contributed by atoms with Gasteiger partial charge in [-0.25, -0.2) is 0 Å². The molecule has 1 atom stereocenters. The van der Waals surface area contributed by atoms with Gasteiger partial charge in [-0.15, -0.1) is 0 Å². The molecule has 1 aliphatic heterocycles. The molecule has 4 heteroatoms. The molecule has 122 valence electrons. The first-order chi connectivity index (χ1) is 11.8. The molecule has 4 rings (SSSR count). The van der Waals surface area contributed by atoms with Crippen molar-refractivity contribution in [2.24, 2.45) is 5.92 Å². The fraction of sp³-hybridized carbons (Fsp3) is 0.250. The number of fused-ring (bicyclic) bond motifs is 2. The Labute approximate surface area is 140 Å². The molecule has 4 nitrogen and oxygen atoms in total. The number of benzene rings is 2. The number of para-hydroxylation sites is 1. The molecule has 2 heterocycles. The number of ether oxygens (including phenoxy) is 1. The summed E-state index contributed by atoms with van der Waals surface area (Å²) in [5.74, 6) is 1.35. The van der Waals surface area contributed by atoms with E-state index in [4.69, 9.17) is 4.74 Å². The molecule has 24 heavy (non-hydrogen) atoms. The number of hydrogen-bond donors (Lipinski definition) is 2. The van der Waals surface area contributed by atoms with Gasteiger partial charge in [-0.2, -0.15) is 0 Å².